The van der Waals surface area contributed by atoms with Crippen molar-refractivity contribution in [2.24, 2.45) is 11.8 Å². The normalized spacial score (nSPS) is 47.1. The number of fused-ring (bicyclic) bond motifs is 4. The van der Waals surface area contributed by atoms with Crippen LogP contribution < -0.4 is 5.32 Å². The third kappa shape index (κ3) is 1.06. The number of rotatable bonds is 0. The molecule has 0 radical (unpaired) electrons. The fourth-order valence-electron chi connectivity index (χ4n) is 2.19. The molecule has 3 atom stereocenters. The standard InChI is InChI=1S/C8H15NO/c10-8-3-6-1-2-7(8)5-9-4-6/h6-10H,1-5H2. The summed E-state index contributed by atoms with van der Waals surface area (Å²) in [7, 11) is 0. The van der Waals surface area contributed by atoms with Crippen LogP contribution in [0, 0.1) is 11.8 Å². The van der Waals surface area contributed by atoms with E-state index in [1.165, 1.54) is 12.8 Å². The molecule has 2 heterocycles. The van der Waals surface area contributed by atoms with Crippen molar-refractivity contribution < 1.29 is 5.11 Å². The third-order valence-electron chi connectivity index (χ3n) is 2.90. The first kappa shape index (κ1) is 6.62. The van der Waals surface area contributed by atoms with Crippen LogP contribution in [0.4, 0.5) is 0 Å². The van der Waals surface area contributed by atoms with Crippen LogP contribution in [0.25, 0.3) is 0 Å². The molecule has 2 N–H and O–H groups in total. The smallest absolute Gasteiger partial charge is 0.0583 e. The van der Waals surface area contributed by atoms with Gasteiger partial charge in [0.05, 0.1) is 6.10 Å². The molecule has 10 heavy (non-hydrogen) atoms. The molecule has 2 bridgehead atoms. The van der Waals surface area contributed by atoms with Crippen molar-refractivity contribution in [2.75, 3.05) is 13.1 Å². The summed E-state index contributed by atoms with van der Waals surface area (Å²) < 4.78 is 0. The Labute approximate surface area is 61.6 Å². The van der Waals surface area contributed by atoms with Crippen molar-refractivity contribution >= 4 is 0 Å². The van der Waals surface area contributed by atoms with Crippen LogP contribution in [0.3, 0.4) is 0 Å². The quantitative estimate of drug-likeness (QED) is 0.510. The van der Waals surface area contributed by atoms with Gasteiger partial charge >= 0.3 is 0 Å². The number of hydrogen-bond acceptors (Lipinski definition) is 2. The molecular weight excluding hydrogens is 126 g/mol. The van der Waals surface area contributed by atoms with Crippen LogP contribution in [0.5, 0.6) is 0 Å². The zero-order valence-corrected chi connectivity index (χ0v) is 6.21. The summed E-state index contributed by atoms with van der Waals surface area (Å²) in [4.78, 5) is 0. The van der Waals surface area contributed by atoms with E-state index in [-0.39, 0.29) is 6.10 Å². The zero-order valence-electron chi connectivity index (χ0n) is 6.21. The molecule has 0 aromatic carbocycles. The first-order valence-corrected chi connectivity index (χ1v) is 4.25. The minimum Gasteiger partial charge on any atom is -0.393 e. The van der Waals surface area contributed by atoms with Gasteiger partial charge in [-0.25, -0.2) is 0 Å². The van der Waals surface area contributed by atoms with E-state index >= 15 is 0 Å². The van der Waals surface area contributed by atoms with Crippen molar-refractivity contribution in [3.63, 3.8) is 0 Å². The molecule has 2 saturated heterocycles. The SMILES string of the molecule is OC1CC2CCC1CNC2. The molecule has 1 saturated carbocycles. The van der Waals surface area contributed by atoms with Crippen molar-refractivity contribution in [2.45, 2.75) is 25.4 Å². The molecule has 2 aliphatic heterocycles. The van der Waals surface area contributed by atoms with Crippen LogP contribution in [0.2, 0.25) is 0 Å². The van der Waals surface area contributed by atoms with Crippen LogP contribution in [0.1, 0.15) is 19.3 Å². The van der Waals surface area contributed by atoms with Gasteiger partial charge in [-0.3, -0.25) is 0 Å². The van der Waals surface area contributed by atoms with Gasteiger partial charge in [0.25, 0.3) is 0 Å². The second-order valence-electron chi connectivity index (χ2n) is 3.66. The van der Waals surface area contributed by atoms with Crippen LogP contribution >= 0.6 is 0 Å². The molecule has 0 amide bonds. The highest BCUT2D eigenvalue weighted by Gasteiger charge is 2.31. The molecule has 3 fully saturated rings. The fraction of sp³-hybridized carbons (Fsp3) is 1.00. The average Bonchev–Trinajstić information content (AvgIpc) is 2.20. The van der Waals surface area contributed by atoms with E-state index in [9.17, 15) is 5.11 Å². The Balaban J connectivity index is 2.07. The summed E-state index contributed by atoms with van der Waals surface area (Å²) in [5.41, 5.74) is 0. The maximum atomic E-state index is 9.54. The lowest BCUT2D eigenvalue weighted by Gasteiger charge is -2.27. The van der Waals surface area contributed by atoms with E-state index < -0.39 is 0 Å². The van der Waals surface area contributed by atoms with E-state index in [1.807, 2.05) is 0 Å². The Morgan fingerprint density at radius 2 is 2.10 bits per heavy atom. The van der Waals surface area contributed by atoms with E-state index in [0.29, 0.717) is 5.92 Å². The van der Waals surface area contributed by atoms with Crippen LogP contribution in [-0.4, -0.2) is 24.3 Å². The summed E-state index contributed by atoms with van der Waals surface area (Å²) in [6.07, 6.45) is 3.60. The van der Waals surface area contributed by atoms with Crippen LogP contribution in [0.15, 0.2) is 0 Å². The van der Waals surface area contributed by atoms with Gasteiger partial charge in [0.1, 0.15) is 0 Å². The summed E-state index contributed by atoms with van der Waals surface area (Å²) in [5, 5.41) is 12.9. The summed E-state index contributed by atoms with van der Waals surface area (Å²) in [6.45, 7) is 2.17. The van der Waals surface area contributed by atoms with Gasteiger partial charge in [-0.2, -0.15) is 0 Å². The van der Waals surface area contributed by atoms with Gasteiger partial charge in [0.15, 0.2) is 0 Å². The maximum absolute atomic E-state index is 9.54. The molecule has 2 nitrogen and oxygen atoms in total. The van der Waals surface area contributed by atoms with E-state index in [0.717, 1.165) is 25.4 Å². The lowest BCUT2D eigenvalue weighted by molar-refractivity contribution is 0.0634. The molecule has 2 heteroatoms. The Morgan fingerprint density at radius 1 is 1.20 bits per heavy atom. The highest BCUT2D eigenvalue weighted by molar-refractivity contribution is 4.85. The Hall–Kier alpha value is -0.0800. The second-order valence-corrected chi connectivity index (χ2v) is 3.66. The van der Waals surface area contributed by atoms with Crippen molar-refractivity contribution in [1.29, 1.82) is 0 Å². The zero-order chi connectivity index (χ0) is 6.97. The Morgan fingerprint density at radius 3 is 2.90 bits per heavy atom. The number of aliphatic hydroxyl groups excluding tert-OH is 1. The van der Waals surface area contributed by atoms with Gasteiger partial charge in [-0.05, 0) is 37.6 Å². The van der Waals surface area contributed by atoms with Gasteiger partial charge in [0.2, 0.25) is 0 Å². The average molecular weight is 141 g/mol. The minimum atomic E-state index is -0.00579. The second kappa shape index (κ2) is 2.51. The molecular formula is C8H15NO. The van der Waals surface area contributed by atoms with Gasteiger partial charge in [-0.15, -0.1) is 0 Å². The molecule has 3 unspecified atom stereocenters. The Bertz CT molecular complexity index is 122. The predicted molar refractivity (Wildman–Crippen MR) is 39.7 cm³/mol. The Kier molecular flexibility index (Phi) is 1.66. The third-order valence-corrected chi connectivity index (χ3v) is 2.90. The van der Waals surface area contributed by atoms with Crippen molar-refractivity contribution in [1.82, 2.24) is 5.32 Å². The first-order valence-electron chi connectivity index (χ1n) is 4.25. The highest BCUT2D eigenvalue weighted by Crippen LogP contribution is 2.30. The van der Waals surface area contributed by atoms with E-state index in [1.54, 1.807) is 0 Å². The van der Waals surface area contributed by atoms with E-state index in [4.69, 9.17) is 0 Å². The van der Waals surface area contributed by atoms with Crippen molar-refractivity contribution in [3.8, 4) is 0 Å². The summed E-state index contributed by atoms with van der Waals surface area (Å²) in [5.74, 6) is 1.31. The monoisotopic (exact) mass is 141 g/mol. The molecule has 58 valence electrons. The van der Waals surface area contributed by atoms with E-state index in [2.05, 4.69) is 5.32 Å². The number of aliphatic hydroxyl groups is 1. The lowest BCUT2D eigenvalue weighted by atomic mass is 9.82. The minimum absolute atomic E-state index is 0.00579. The van der Waals surface area contributed by atoms with Gasteiger partial charge in [0, 0.05) is 6.54 Å². The molecule has 3 aliphatic rings. The molecule has 0 aromatic heterocycles. The van der Waals surface area contributed by atoms with Crippen molar-refractivity contribution in [3.05, 3.63) is 0 Å². The molecule has 0 aromatic rings. The lowest BCUT2D eigenvalue weighted by Crippen LogP contribution is -2.29. The first-order chi connectivity index (χ1) is 4.86. The number of nitrogens with one attached hydrogen (secondary N) is 1. The number of hydrogen-bond donors (Lipinski definition) is 2. The fourth-order valence-corrected chi connectivity index (χ4v) is 2.19. The highest BCUT2D eigenvalue weighted by atomic mass is 16.3. The molecule has 0 spiro atoms. The topological polar surface area (TPSA) is 32.3 Å². The molecule has 1 aliphatic carbocycles. The predicted octanol–water partition coefficient (Wildman–Crippen LogP) is 0.367. The van der Waals surface area contributed by atoms with Crippen LogP contribution in [-0.2, 0) is 0 Å². The largest absolute Gasteiger partial charge is 0.393 e. The molecule has 3 rings (SSSR count). The van der Waals surface area contributed by atoms with Gasteiger partial charge in [-0.1, -0.05) is 0 Å². The maximum Gasteiger partial charge on any atom is 0.0583 e. The summed E-state index contributed by atoms with van der Waals surface area (Å²) >= 11 is 0. The summed E-state index contributed by atoms with van der Waals surface area (Å²) in [6, 6.07) is 0. The van der Waals surface area contributed by atoms with Gasteiger partial charge < -0.3 is 10.4 Å².